The van der Waals surface area contributed by atoms with Crippen molar-refractivity contribution in [3.63, 3.8) is 0 Å². The SMILES string of the molecule is CC(C)OCc1ccc(CN=C(N)N2CCCC2)cc1.I. The summed E-state index contributed by atoms with van der Waals surface area (Å²) in [5, 5.41) is 0. The Hall–Kier alpha value is -0.820. The number of hydrogen-bond donors (Lipinski definition) is 1. The summed E-state index contributed by atoms with van der Waals surface area (Å²) in [6.45, 7) is 7.49. The Morgan fingerprint density at radius 1 is 1.19 bits per heavy atom. The maximum Gasteiger partial charge on any atom is 0.191 e. The fourth-order valence-corrected chi connectivity index (χ4v) is 2.22. The van der Waals surface area contributed by atoms with Crippen LogP contribution in [0.4, 0.5) is 0 Å². The van der Waals surface area contributed by atoms with Crippen LogP contribution in [0.3, 0.4) is 0 Å². The first-order valence-electron chi connectivity index (χ1n) is 7.39. The van der Waals surface area contributed by atoms with Crippen LogP contribution in [-0.2, 0) is 17.9 Å². The van der Waals surface area contributed by atoms with Crippen molar-refractivity contribution in [2.75, 3.05) is 13.1 Å². The molecule has 0 unspecified atom stereocenters. The van der Waals surface area contributed by atoms with Crippen molar-refractivity contribution < 1.29 is 4.74 Å². The molecule has 0 aliphatic carbocycles. The lowest BCUT2D eigenvalue weighted by atomic mass is 10.1. The molecule has 1 aliphatic rings. The van der Waals surface area contributed by atoms with Gasteiger partial charge < -0.3 is 15.4 Å². The quantitative estimate of drug-likeness (QED) is 0.467. The maximum absolute atomic E-state index is 5.99. The largest absolute Gasteiger partial charge is 0.374 e. The number of hydrogen-bond acceptors (Lipinski definition) is 2. The highest BCUT2D eigenvalue weighted by atomic mass is 127. The van der Waals surface area contributed by atoms with Crippen molar-refractivity contribution in [3.05, 3.63) is 35.4 Å². The molecule has 1 aromatic rings. The van der Waals surface area contributed by atoms with Crippen LogP contribution in [0, 0.1) is 0 Å². The van der Waals surface area contributed by atoms with Gasteiger partial charge in [-0.2, -0.15) is 0 Å². The van der Waals surface area contributed by atoms with Gasteiger partial charge in [0.1, 0.15) is 0 Å². The average Bonchev–Trinajstić information content (AvgIpc) is 2.98. The number of halogens is 1. The minimum absolute atomic E-state index is 0. The smallest absolute Gasteiger partial charge is 0.191 e. The molecular formula is C16H26IN3O. The minimum atomic E-state index is 0. The second kappa shape index (κ2) is 9.25. The van der Waals surface area contributed by atoms with Gasteiger partial charge in [-0.1, -0.05) is 24.3 Å². The molecule has 1 aliphatic heterocycles. The molecule has 1 fully saturated rings. The molecule has 0 atom stereocenters. The number of guanidine groups is 1. The molecule has 2 rings (SSSR count). The highest BCUT2D eigenvalue weighted by Gasteiger charge is 2.12. The van der Waals surface area contributed by atoms with E-state index < -0.39 is 0 Å². The second-order valence-corrected chi connectivity index (χ2v) is 5.54. The summed E-state index contributed by atoms with van der Waals surface area (Å²) < 4.78 is 5.58. The number of rotatable bonds is 5. The molecule has 1 saturated heterocycles. The molecule has 118 valence electrons. The van der Waals surface area contributed by atoms with Crippen molar-refractivity contribution in [1.82, 2.24) is 4.90 Å². The van der Waals surface area contributed by atoms with E-state index in [0.29, 0.717) is 19.1 Å². The highest BCUT2D eigenvalue weighted by molar-refractivity contribution is 14.0. The summed E-state index contributed by atoms with van der Waals surface area (Å²) in [5.41, 5.74) is 8.37. The van der Waals surface area contributed by atoms with Crippen LogP contribution in [0.15, 0.2) is 29.3 Å². The summed E-state index contributed by atoms with van der Waals surface area (Å²) in [5.74, 6) is 0.676. The zero-order chi connectivity index (χ0) is 14.4. The molecule has 0 aromatic heterocycles. The van der Waals surface area contributed by atoms with E-state index in [1.807, 2.05) is 13.8 Å². The van der Waals surface area contributed by atoms with Crippen LogP contribution >= 0.6 is 24.0 Å². The maximum atomic E-state index is 5.99. The van der Waals surface area contributed by atoms with Gasteiger partial charge in [-0.05, 0) is 37.8 Å². The summed E-state index contributed by atoms with van der Waals surface area (Å²) in [6, 6.07) is 8.39. The van der Waals surface area contributed by atoms with Crippen LogP contribution in [-0.4, -0.2) is 30.1 Å². The van der Waals surface area contributed by atoms with Gasteiger partial charge in [0.15, 0.2) is 5.96 Å². The summed E-state index contributed by atoms with van der Waals surface area (Å²) in [4.78, 5) is 6.63. The minimum Gasteiger partial charge on any atom is -0.374 e. The molecular weight excluding hydrogens is 377 g/mol. The van der Waals surface area contributed by atoms with Gasteiger partial charge in [-0.15, -0.1) is 24.0 Å². The van der Waals surface area contributed by atoms with Gasteiger partial charge in [-0.3, -0.25) is 0 Å². The molecule has 0 bridgehead atoms. The molecule has 1 heterocycles. The number of benzene rings is 1. The normalized spacial score (nSPS) is 15.4. The van der Waals surface area contributed by atoms with Crippen LogP contribution in [0.25, 0.3) is 0 Å². The van der Waals surface area contributed by atoms with Gasteiger partial charge >= 0.3 is 0 Å². The van der Waals surface area contributed by atoms with Gasteiger partial charge in [0.25, 0.3) is 0 Å². The summed E-state index contributed by atoms with van der Waals surface area (Å²) in [6.07, 6.45) is 2.71. The molecule has 0 spiro atoms. The number of nitrogens with two attached hydrogens (primary N) is 1. The molecule has 2 N–H and O–H groups in total. The lowest BCUT2D eigenvalue weighted by Gasteiger charge is -2.15. The molecule has 4 nitrogen and oxygen atoms in total. The van der Waals surface area contributed by atoms with Crippen molar-refractivity contribution in [1.29, 1.82) is 0 Å². The molecule has 5 heteroatoms. The van der Waals surface area contributed by atoms with Crippen molar-refractivity contribution in [2.24, 2.45) is 10.7 Å². The van der Waals surface area contributed by atoms with E-state index in [1.165, 1.54) is 24.0 Å². The molecule has 0 saturated carbocycles. The molecule has 1 aromatic carbocycles. The predicted molar refractivity (Wildman–Crippen MR) is 97.9 cm³/mol. The highest BCUT2D eigenvalue weighted by Crippen LogP contribution is 2.10. The Morgan fingerprint density at radius 2 is 1.76 bits per heavy atom. The summed E-state index contributed by atoms with van der Waals surface area (Å²) >= 11 is 0. The Bertz CT molecular complexity index is 439. The van der Waals surface area contributed by atoms with Crippen LogP contribution < -0.4 is 5.73 Å². The van der Waals surface area contributed by atoms with E-state index in [1.54, 1.807) is 0 Å². The van der Waals surface area contributed by atoms with E-state index in [0.717, 1.165) is 13.1 Å². The first-order chi connectivity index (χ1) is 9.65. The topological polar surface area (TPSA) is 50.9 Å². The third kappa shape index (κ3) is 6.22. The van der Waals surface area contributed by atoms with E-state index in [2.05, 4.69) is 34.2 Å². The number of ether oxygens (including phenoxy) is 1. The van der Waals surface area contributed by atoms with E-state index in [9.17, 15) is 0 Å². The Morgan fingerprint density at radius 3 is 2.33 bits per heavy atom. The first-order valence-corrected chi connectivity index (χ1v) is 7.39. The zero-order valence-corrected chi connectivity index (χ0v) is 15.2. The first kappa shape index (κ1) is 18.2. The third-order valence-electron chi connectivity index (χ3n) is 3.46. The van der Waals surface area contributed by atoms with Gasteiger partial charge in [0.05, 0.1) is 19.3 Å². The average molecular weight is 403 g/mol. The third-order valence-corrected chi connectivity index (χ3v) is 3.46. The van der Waals surface area contributed by atoms with Crippen molar-refractivity contribution >= 4 is 29.9 Å². The predicted octanol–water partition coefficient (Wildman–Crippen LogP) is 3.14. The van der Waals surface area contributed by atoms with Crippen molar-refractivity contribution in [2.45, 2.75) is 45.9 Å². The number of aliphatic imine (C=N–C) groups is 1. The summed E-state index contributed by atoms with van der Waals surface area (Å²) in [7, 11) is 0. The second-order valence-electron chi connectivity index (χ2n) is 5.54. The fraction of sp³-hybridized carbons (Fsp3) is 0.562. The Kier molecular flexibility index (Phi) is 8.03. The molecule has 0 amide bonds. The Balaban J connectivity index is 0.00000220. The lowest BCUT2D eigenvalue weighted by Crippen LogP contribution is -2.34. The monoisotopic (exact) mass is 403 g/mol. The lowest BCUT2D eigenvalue weighted by molar-refractivity contribution is 0.0657. The van der Waals surface area contributed by atoms with Gasteiger partial charge in [-0.25, -0.2) is 4.99 Å². The van der Waals surface area contributed by atoms with E-state index in [4.69, 9.17) is 10.5 Å². The Labute approximate surface area is 144 Å². The zero-order valence-electron chi connectivity index (χ0n) is 12.9. The molecule has 21 heavy (non-hydrogen) atoms. The van der Waals surface area contributed by atoms with E-state index in [-0.39, 0.29) is 30.1 Å². The van der Waals surface area contributed by atoms with Crippen LogP contribution in [0.1, 0.15) is 37.8 Å². The molecule has 0 radical (unpaired) electrons. The van der Waals surface area contributed by atoms with Crippen molar-refractivity contribution in [3.8, 4) is 0 Å². The number of nitrogens with zero attached hydrogens (tertiary/aromatic N) is 2. The van der Waals surface area contributed by atoms with Gasteiger partial charge in [0, 0.05) is 13.1 Å². The fourth-order valence-electron chi connectivity index (χ4n) is 2.22. The van der Waals surface area contributed by atoms with Gasteiger partial charge in [0.2, 0.25) is 0 Å². The van der Waals surface area contributed by atoms with Crippen LogP contribution in [0.2, 0.25) is 0 Å². The number of likely N-dealkylation sites (tertiary alicyclic amines) is 1. The standard InChI is InChI=1S/C16H25N3O.HI/c1-13(2)20-12-15-7-5-14(6-8-15)11-18-16(17)19-9-3-4-10-19;/h5-8,13H,3-4,9-12H2,1-2H3,(H2,17,18);1H. The van der Waals surface area contributed by atoms with Crippen LogP contribution in [0.5, 0.6) is 0 Å². The van der Waals surface area contributed by atoms with E-state index >= 15 is 0 Å².